The Morgan fingerprint density at radius 1 is 1.47 bits per heavy atom. The van der Waals surface area contributed by atoms with E-state index in [0.717, 1.165) is 28.0 Å². The number of hydrazine groups is 1. The van der Waals surface area contributed by atoms with E-state index in [0.29, 0.717) is 5.92 Å². The molecule has 1 aromatic heterocycles. The molecule has 0 aliphatic heterocycles. The van der Waals surface area contributed by atoms with Crippen LogP contribution in [-0.4, -0.2) is 15.7 Å². The van der Waals surface area contributed by atoms with Crippen molar-refractivity contribution in [3.8, 4) is 0 Å². The maximum Gasteiger partial charge on any atom is 0.147 e. The first kappa shape index (κ1) is 10.7. The van der Waals surface area contributed by atoms with Crippen LogP contribution < -0.4 is 11.3 Å². The zero-order valence-electron chi connectivity index (χ0n) is 9.08. The second-order valence-corrected chi connectivity index (χ2v) is 4.96. The molecule has 0 atom stereocenters. The molecule has 0 bridgehead atoms. The topological polar surface area (TPSA) is 63.8 Å². The van der Waals surface area contributed by atoms with Gasteiger partial charge in [-0.15, -0.1) is 11.8 Å². The van der Waals surface area contributed by atoms with Crippen LogP contribution >= 0.6 is 11.8 Å². The molecule has 0 radical (unpaired) electrons. The Labute approximate surface area is 94.0 Å². The van der Waals surface area contributed by atoms with Crippen molar-refractivity contribution < 1.29 is 0 Å². The van der Waals surface area contributed by atoms with Crippen molar-refractivity contribution in [2.45, 2.75) is 37.6 Å². The molecule has 1 aliphatic rings. The lowest BCUT2D eigenvalue weighted by Gasteiger charge is -2.10. The number of nitrogen functional groups attached to an aromatic ring is 1. The van der Waals surface area contributed by atoms with Gasteiger partial charge in [0.2, 0.25) is 0 Å². The monoisotopic (exact) mass is 224 g/mol. The Bertz CT molecular complexity index is 363. The van der Waals surface area contributed by atoms with Crippen LogP contribution in [0.3, 0.4) is 0 Å². The summed E-state index contributed by atoms with van der Waals surface area (Å²) in [6, 6.07) is 0. The fourth-order valence-corrected chi connectivity index (χ4v) is 2.20. The van der Waals surface area contributed by atoms with Crippen molar-refractivity contribution >= 4 is 17.6 Å². The normalized spacial score (nSPS) is 15.4. The van der Waals surface area contributed by atoms with Gasteiger partial charge in [-0.2, -0.15) is 0 Å². The summed E-state index contributed by atoms with van der Waals surface area (Å²) in [6.45, 7) is 4.13. The number of rotatable bonds is 4. The molecule has 0 aromatic carbocycles. The minimum atomic E-state index is 0.564. The highest BCUT2D eigenvalue weighted by Gasteiger charge is 2.28. The number of aromatic nitrogens is 2. The van der Waals surface area contributed by atoms with Crippen molar-refractivity contribution in [2.75, 3.05) is 11.2 Å². The molecule has 1 fully saturated rings. The van der Waals surface area contributed by atoms with Crippen LogP contribution in [0.25, 0.3) is 0 Å². The van der Waals surface area contributed by atoms with E-state index in [-0.39, 0.29) is 0 Å². The number of hydrogen-bond acceptors (Lipinski definition) is 5. The summed E-state index contributed by atoms with van der Waals surface area (Å²) < 4.78 is 0. The van der Waals surface area contributed by atoms with Gasteiger partial charge in [-0.25, -0.2) is 15.8 Å². The van der Waals surface area contributed by atoms with Gasteiger partial charge in [-0.3, -0.25) is 0 Å². The molecule has 15 heavy (non-hydrogen) atoms. The quantitative estimate of drug-likeness (QED) is 0.355. The molecule has 5 heteroatoms. The molecular formula is C10H16N4S. The van der Waals surface area contributed by atoms with Gasteiger partial charge in [0.15, 0.2) is 0 Å². The van der Waals surface area contributed by atoms with E-state index >= 15 is 0 Å². The lowest BCUT2D eigenvalue weighted by molar-refractivity contribution is 0.862. The van der Waals surface area contributed by atoms with E-state index < -0.39 is 0 Å². The third-order valence-corrected chi connectivity index (χ3v) is 3.44. The summed E-state index contributed by atoms with van der Waals surface area (Å²) in [5, 5.41) is 1.06. The van der Waals surface area contributed by atoms with Gasteiger partial charge in [0.25, 0.3) is 0 Å². The second kappa shape index (κ2) is 4.37. The van der Waals surface area contributed by atoms with E-state index in [2.05, 4.69) is 22.3 Å². The van der Waals surface area contributed by atoms with Crippen molar-refractivity contribution in [1.82, 2.24) is 9.97 Å². The summed E-state index contributed by atoms with van der Waals surface area (Å²) in [4.78, 5) is 9.02. The van der Waals surface area contributed by atoms with Gasteiger partial charge in [-0.05, 0) is 25.5 Å². The van der Waals surface area contributed by atoms with Gasteiger partial charge in [0, 0.05) is 11.5 Å². The number of nitrogens with one attached hydrogen (secondary N) is 1. The van der Waals surface area contributed by atoms with E-state index in [1.807, 2.05) is 6.92 Å². The van der Waals surface area contributed by atoms with Crippen molar-refractivity contribution in [3.63, 3.8) is 0 Å². The van der Waals surface area contributed by atoms with Gasteiger partial charge in [0.1, 0.15) is 16.7 Å². The Kier molecular flexibility index (Phi) is 3.11. The number of nitrogens with two attached hydrogens (primary N) is 1. The number of nitrogens with zero attached hydrogens (tertiary/aromatic N) is 2. The molecular weight excluding hydrogens is 208 g/mol. The molecule has 1 heterocycles. The summed E-state index contributed by atoms with van der Waals surface area (Å²) in [7, 11) is 0. The first-order valence-electron chi connectivity index (χ1n) is 5.24. The molecule has 0 spiro atoms. The fourth-order valence-electron chi connectivity index (χ4n) is 1.45. The largest absolute Gasteiger partial charge is 0.308 e. The number of thioether (sulfide) groups is 1. The summed E-state index contributed by atoms with van der Waals surface area (Å²) in [5.41, 5.74) is 3.70. The predicted octanol–water partition coefficient (Wildman–Crippen LogP) is 2.06. The molecule has 0 unspecified atom stereocenters. The minimum absolute atomic E-state index is 0.564. The molecule has 3 N–H and O–H groups in total. The van der Waals surface area contributed by atoms with Crippen LogP contribution in [0.2, 0.25) is 0 Å². The Hall–Kier alpha value is -0.810. The molecule has 1 aromatic rings. The summed E-state index contributed by atoms with van der Waals surface area (Å²) in [6.07, 6.45) is 2.42. The van der Waals surface area contributed by atoms with Crippen molar-refractivity contribution in [3.05, 3.63) is 11.4 Å². The molecule has 0 saturated heterocycles. The molecule has 2 rings (SSSR count). The molecule has 4 nitrogen and oxygen atoms in total. The van der Waals surface area contributed by atoms with Crippen LogP contribution in [0, 0.1) is 6.92 Å². The van der Waals surface area contributed by atoms with Crippen LogP contribution in [-0.2, 0) is 0 Å². The Balaban J connectivity index is 2.37. The lowest BCUT2D eigenvalue weighted by atomic mass is 10.3. The third-order valence-electron chi connectivity index (χ3n) is 2.48. The third kappa shape index (κ3) is 2.23. The van der Waals surface area contributed by atoms with E-state index in [4.69, 9.17) is 5.84 Å². The highest BCUT2D eigenvalue weighted by atomic mass is 32.2. The Morgan fingerprint density at radius 3 is 2.73 bits per heavy atom. The molecule has 82 valence electrons. The first-order valence-corrected chi connectivity index (χ1v) is 6.22. The molecule has 1 aliphatic carbocycles. The highest BCUT2D eigenvalue weighted by molar-refractivity contribution is 7.99. The van der Waals surface area contributed by atoms with Crippen molar-refractivity contribution in [2.24, 2.45) is 5.84 Å². The van der Waals surface area contributed by atoms with Gasteiger partial charge >= 0.3 is 0 Å². The first-order chi connectivity index (χ1) is 7.26. The number of hydrogen-bond donors (Lipinski definition) is 2. The van der Waals surface area contributed by atoms with Gasteiger partial charge in [0.05, 0.1) is 0 Å². The van der Waals surface area contributed by atoms with Gasteiger partial charge in [-0.1, -0.05) is 6.92 Å². The lowest BCUT2D eigenvalue weighted by Crippen LogP contribution is -2.13. The SMILES string of the molecule is CCSc1nc(C2CC2)nc(NN)c1C. The average Bonchev–Trinajstić information content (AvgIpc) is 3.05. The Morgan fingerprint density at radius 2 is 2.20 bits per heavy atom. The van der Waals surface area contributed by atoms with Crippen LogP contribution in [0.15, 0.2) is 5.03 Å². The van der Waals surface area contributed by atoms with Crippen LogP contribution in [0.5, 0.6) is 0 Å². The summed E-state index contributed by atoms with van der Waals surface area (Å²) in [5.74, 6) is 8.75. The smallest absolute Gasteiger partial charge is 0.147 e. The molecule has 0 amide bonds. The highest BCUT2D eigenvalue weighted by Crippen LogP contribution is 2.39. The zero-order valence-corrected chi connectivity index (χ0v) is 9.90. The molecule has 1 saturated carbocycles. The van der Waals surface area contributed by atoms with E-state index in [9.17, 15) is 0 Å². The standard InChI is InChI=1S/C10H16N4S/c1-3-15-10-6(2)8(14-11)12-9(13-10)7-4-5-7/h7H,3-5,11H2,1-2H3,(H,12,13,14). The van der Waals surface area contributed by atoms with Crippen LogP contribution in [0.1, 0.15) is 37.1 Å². The summed E-state index contributed by atoms with van der Waals surface area (Å²) >= 11 is 1.74. The second-order valence-electron chi connectivity index (χ2n) is 3.71. The van der Waals surface area contributed by atoms with Crippen molar-refractivity contribution in [1.29, 1.82) is 0 Å². The fraction of sp³-hybridized carbons (Fsp3) is 0.600. The maximum atomic E-state index is 5.46. The minimum Gasteiger partial charge on any atom is -0.308 e. The van der Waals surface area contributed by atoms with E-state index in [1.54, 1.807) is 11.8 Å². The number of anilines is 1. The van der Waals surface area contributed by atoms with Crippen LogP contribution in [0.4, 0.5) is 5.82 Å². The average molecular weight is 224 g/mol. The maximum absolute atomic E-state index is 5.46. The predicted molar refractivity (Wildman–Crippen MR) is 63.0 cm³/mol. The van der Waals surface area contributed by atoms with Gasteiger partial charge < -0.3 is 5.43 Å². The van der Waals surface area contributed by atoms with E-state index in [1.165, 1.54) is 12.8 Å². The zero-order chi connectivity index (χ0) is 10.8.